The van der Waals surface area contributed by atoms with Crippen LogP contribution in [0.4, 0.5) is 0 Å². The zero-order valence-corrected chi connectivity index (χ0v) is 28.6. The van der Waals surface area contributed by atoms with Crippen molar-refractivity contribution in [3.05, 3.63) is 176 Å². The predicted molar refractivity (Wildman–Crippen MR) is 223 cm³/mol. The van der Waals surface area contributed by atoms with Crippen LogP contribution < -0.4 is 0 Å². The molecular formula is C50H29N3. The van der Waals surface area contributed by atoms with E-state index >= 15 is 0 Å². The highest BCUT2D eigenvalue weighted by Gasteiger charge is 2.23. The van der Waals surface area contributed by atoms with Gasteiger partial charge in [0.25, 0.3) is 0 Å². The van der Waals surface area contributed by atoms with E-state index in [4.69, 9.17) is 9.97 Å². The molecule has 0 aliphatic carbocycles. The highest BCUT2D eigenvalue weighted by atomic mass is 15.0. The van der Waals surface area contributed by atoms with E-state index < -0.39 is 0 Å². The van der Waals surface area contributed by atoms with Gasteiger partial charge in [0.2, 0.25) is 0 Å². The molecule has 3 nitrogen and oxygen atoms in total. The van der Waals surface area contributed by atoms with Crippen LogP contribution in [-0.4, -0.2) is 14.5 Å². The molecular weight excluding hydrogens is 643 g/mol. The van der Waals surface area contributed by atoms with Gasteiger partial charge >= 0.3 is 0 Å². The number of hydrogen-bond acceptors (Lipinski definition) is 2. The second-order valence-corrected chi connectivity index (χ2v) is 14.1. The molecule has 0 saturated carbocycles. The molecule has 2 heterocycles. The summed E-state index contributed by atoms with van der Waals surface area (Å²) in [5.74, 6) is 0. The minimum atomic E-state index is 0.889. The average molecular weight is 672 g/mol. The van der Waals surface area contributed by atoms with E-state index in [1.807, 2.05) is 24.3 Å². The fraction of sp³-hybridized carbons (Fsp3) is 0. The SMILES string of the molecule is c1ccc(-c2nc3ccccc3nc2-c2ccc3c(c2)c2cccc4c2c2c3c3ccccc3cc2n4-c2ccc3c(ccc4ccccc43)c2)cc1. The smallest absolute Gasteiger partial charge is 0.0973 e. The van der Waals surface area contributed by atoms with Gasteiger partial charge in [0.05, 0.1) is 33.5 Å². The monoisotopic (exact) mass is 671 g/mol. The first-order chi connectivity index (χ1) is 26.3. The largest absolute Gasteiger partial charge is 0.309 e. The molecule has 0 spiro atoms. The molecule has 2 aromatic heterocycles. The van der Waals surface area contributed by atoms with Crippen LogP contribution in [0.3, 0.4) is 0 Å². The Kier molecular flexibility index (Phi) is 5.77. The van der Waals surface area contributed by atoms with Gasteiger partial charge in [0.15, 0.2) is 0 Å². The summed E-state index contributed by atoms with van der Waals surface area (Å²) in [6.45, 7) is 0. The second kappa shape index (κ2) is 10.7. The summed E-state index contributed by atoms with van der Waals surface area (Å²) in [5, 5.41) is 15.2. The van der Waals surface area contributed by atoms with Crippen molar-refractivity contribution in [3.63, 3.8) is 0 Å². The van der Waals surface area contributed by atoms with E-state index in [1.165, 1.54) is 75.7 Å². The molecule has 0 radical (unpaired) electrons. The lowest BCUT2D eigenvalue weighted by Gasteiger charge is -2.14. The van der Waals surface area contributed by atoms with Crippen LogP contribution in [-0.2, 0) is 0 Å². The number of para-hydroxylation sites is 2. The third-order valence-corrected chi connectivity index (χ3v) is 11.3. The summed E-state index contributed by atoms with van der Waals surface area (Å²) in [6, 6.07) is 63.6. The number of rotatable bonds is 3. The minimum absolute atomic E-state index is 0.889. The average Bonchev–Trinajstić information content (AvgIpc) is 3.56. The Balaban J connectivity index is 1.19. The van der Waals surface area contributed by atoms with Gasteiger partial charge in [0.1, 0.15) is 0 Å². The standard InChI is InChI=1S/C50H29N3/c1-2-12-31(13-3-1)49-50(52-43-19-9-8-18-42(43)51-49)34-23-25-40-41(28-34)39-17-10-20-44-47(39)48-45(29-32-14-5-7-16-38(32)46(40)48)53(44)35-24-26-37-33(27-35)22-21-30-11-4-6-15-36(30)37/h1-29H. The number of nitrogens with zero attached hydrogens (tertiary/aromatic N) is 3. The van der Waals surface area contributed by atoms with Crippen LogP contribution in [0.1, 0.15) is 0 Å². The quantitative estimate of drug-likeness (QED) is 0.175. The third-order valence-electron chi connectivity index (χ3n) is 11.3. The van der Waals surface area contributed by atoms with Gasteiger partial charge in [-0.05, 0) is 90.9 Å². The lowest BCUT2D eigenvalue weighted by atomic mass is 9.89. The molecule has 244 valence electrons. The van der Waals surface area contributed by atoms with E-state index in [0.717, 1.165) is 39.2 Å². The Morgan fingerprint density at radius 2 is 0.943 bits per heavy atom. The molecule has 12 aromatic rings. The second-order valence-electron chi connectivity index (χ2n) is 14.1. The molecule has 0 unspecified atom stereocenters. The molecule has 12 rings (SSSR count). The predicted octanol–water partition coefficient (Wildman–Crippen LogP) is 13.3. The van der Waals surface area contributed by atoms with Gasteiger partial charge in [-0.15, -0.1) is 0 Å². The molecule has 0 aliphatic rings. The first-order valence-corrected chi connectivity index (χ1v) is 18.2. The number of fused-ring (bicyclic) bond motifs is 9. The fourth-order valence-corrected chi connectivity index (χ4v) is 8.93. The molecule has 3 heteroatoms. The molecule has 0 saturated heterocycles. The third kappa shape index (κ3) is 4.05. The maximum absolute atomic E-state index is 5.27. The molecule has 53 heavy (non-hydrogen) atoms. The van der Waals surface area contributed by atoms with Crippen LogP contribution in [0.5, 0.6) is 0 Å². The van der Waals surface area contributed by atoms with Gasteiger partial charge in [-0.1, -0.05) is 133 Å². The topological polar surface area (TPSA) is 30.7 Å². The van der Waals surface area contributed by atoms with Gasteiger partial charge in [-0.25, -0.2) is 9.97 Å². The molecule has 0 atom stereocenters. The Hall–Kier alpha value is -7.10. The Labute approximate surface area is 304 Å². The van der Waals surface area contributed by atoms with E-state index in [1.54, 1.807) is 0 Å². The van der Waals surface area contributed by atoms with Crippen LogP contribution in [0.25, 0.3) is 115 Å². The van der Waals surface area contributed by atoms with Gasteiger partial charge in [-0.3, -0.25) is 0 Å². The summed E-state index contributed by atoms with van der Waals surface area (Å²) >= 11 is 0. The van der Waals surface area contributed by atoms with Crippen molar-refractivity contribution in [1.82, 2.24) is 14.5 Å². The van der Waals surface area contributed by atoms with Gasteiger partial charge in [0, 0.05) is 33.0 Å². The summed E-state index contributed by atoms with van der Waals surface area (Å²) in [7, 11) is 0. The summed E-state index contributed by atoms with van der Waals surface area (Å²) in [4.78, 5) is 10.5. The number of aromatic nitrogens is 3. The first kappa shape index (κ1) is 28.6. The molecule has 0 amide bonds. The van der Waals surface area contributed by atoms with E-state index in [2.05, 4.69) is 156 Å². The van der Waals surface area contributed by atoms with E-state index in [9.17, 15) is 0 Å². The summed E-state index contributed by atoms with van der Waals surface area (Å²) < 4.78 is 2.48. The molecule has 0 aliphatic heterocycles. The van der Waals surface area contributed by atoms with Crippen molar-refractivity contribution in [2.75, 3.05) is 0 Å². The lowest BCUT2D eigenvalue weighted by molar-refractivity contribution is 1.19. The highest BCUT2D eigenvalue weighted by molar-refractivity contribution is 6.39. The molecule has 0 bridgehead atoms. The lowest BCUT2D eigenvalue weighted by Crippen LogP contribution is -1.95. The number of hydrogen-bond donors (Lipinski definition) is 0. The molecule has 10 aromatic carbocycles. The van der Waals surface area contributed by atoms with Gasteiger partial charge in [-0.2, -0.15) is 0 Å². The first-order valence-electron chi connectivity index (χ1n) is 18.2. The minimum Gasteiger partial charge on any atom is -0.309 e. The Morgan fingerprint density at radius 1 is 0.321 bits per heavy atom. The van der Waals surface area contributed by atoms with Crippen molar-refractivity contribution < 1.29 is 0 Å². The zero-order chi connectivity index (χ0) is 34.6. The number of benzene rings is 10. The van der Waals surface area contributed by atoms with Crippen molar-refractivity contribution in [3.8, 4) is 28.2 Å². The van der Waals surface area contributed by atoms with Crippen LogP contribution in [0.2, 0.25) is 0 Å². The Morgan fingerprint density at radius 3 is 1.79 bits per heavy atom. The van der Waals surface area contributed by atoms with Crippen molar-refractivity contribution in [2.24, 2.45) is 0 Å². The van der Waals surface area contributed by atoms with Crippen LogP contribution >= 0.6 is 0 Å². The summed E-state index contributed by atoms with van der Waals surface area (Å²) in [6.07, 6.45) is 0. The molecule has 0 N–H and O–H groups in total. The Bertz CT molecular complexity index is 3450. The van der Waals surface area contributed by atoms with Crippen LogP contribution in [0, 0.1) is 0 Å². The van der Waals surface area contributed by atoms with Crippen molar-refractivity contribution in [2.45, 2.75) is 0 Å². The van der Waals surface area contributed by atoms with Crippen molar-refractivity contribution in [1.29, 1.82) is 0 Å². The maximum atomic E-state index is 5.27. The van der Waals surface area contributed by atoms with E-state index in [0.29, 0.717) is 0 Å². The fourth-order valence-electron chi connectivity index (χ4n) is 8.93. The highest BCUT2D eigenvalue weighted by Crippen LogP contribution is 2.47. The molecule has 0 fully saturated rings. The zero-order valence-electron chi connectivity index (χ0n) is 28.6. The normalized spacial score (nSPS) is 12.2. The van der Waals surface area contributed by atoms with Gasteiger partial charge < -0.3 is 4.57 Å². The summed E-state index contributed by atoms with van der Waals surface area (Å²) in [5.41, 5.74) is 9.27. The van der Waals surface area contributed by atoms with Crippen molar-refractivity contribution >= 4 is 86.7 Å². The van der Waals surface area contributed by atoms with E-state index in [-0.39, 0.29) is 0 Å². The van der Waals surface area contributed by atoms with Crippen LogP contribution in [0.15, 0.2) is 176 Å². The maximum Gasteiger partial charge on any atom is 0.0973 e.